The standard InChI is InChI=1S/C25H26O5/c1-15(2)5-4-9-25(3)10-8-16-11-19-23(13-22(16)30-25)29-14-20(24(19)28)18-7-6-17(26)12-21(18)27/h5-8,10-13,20,26-27H,4,9,14H2,1-3H3/t20-,25-/m0/s1. The molecular formula is C25H26O5. The number of phenols is 2. The highest BCUT2D eigenvalue weighted by Gasteiger charge is 2.34. The van der Waals surface area contributed by atoms with Crippen LogP contribution in [0.2, 0.25) is 0 Å². The molecule has 0 saturated heterocycles. The molecule has 0 amide bonds. The van der Waals surface area contributed by atoms with Gasteiger partial charge in [0.25, 0.3) is 0 Å². The number of carbonyl (C=O) groups excluding carboxylic acids is 1. The molecule has 30 heavy (non-hydrogen) atoms. The minimum Gasteiger partial charge on any atom is -0.508 e. The van der Waals surface area contributed by atoms with Gasteiger partial charge in [-0.2, -0.15) is 0 Å². The normalized spacial score (nSPS) is 21.8. The zero-order valence-corrected chi connectivity index (χ0v) is 17.4. The number of Topliss-reactive ketones (excluding diaryl/α,β-unsaturated/α-hetero) is 1. The van der Waals surface area contributed by atoms with Crippen LogP contribution in [0.15, 0.2) is 48.1 Å². The van der Waals surface area contributed by atoms with Gasteiger partial charge in [0.2, 0.25) is 0 Å². The van der Waals surface area contributed by atoms with Gasteiger partial charge < -0.3 is 19.7 Å². The summed E-state index contributed by atoms with van der Waals surface area (Å²) in [4.78, 5) is 13.1. The summed E-state index contributed by atoms with van der Waals surface area (Å²) in [6, 6.07) is 7.83. The van der Waals surface area contributed by atoms with Crippen LogP contribution in [-0.2, 0) is 0 Å². The molecule has 0 unspecified atom stereocenters. The summed E-state index contributed by atoms with van der Waals surface area (Å²) in [5.41, 5.74) is 2.63. The molecule has 0 saturated carbocycles. The molecule has 0 spiro atoms. The maximum absolute atomic E-state index is 13.1. The summed E-state index contributed by atoms with van der Waals surface area (Å²) in [6.07, 6.45) is 8.02. The molecule has 2 aliphatic heterocycles. The van der Waals surface area contributed by atoms with E-state index in [1.807, 2.05) is 12.2 Å². The third-order valence-electron chi connectivity index (χ3n) is 5.64. The molecule has 2 atom stereocenters. The Kier molecular flexibility index (Phi) is 5.06. The van der Waals surface area contributed by atoms with Gasteiger partial charge in [-0.1, -0.05) is 23.8 Å². The van der Waals surface area contributed by atoms with Crippen molar-refractivity contribution in [3.8, 4) is 23.0 Å². The fraction of sp³-hybridized carbons (Fsp3) is 0.320. The van der Waals surface area contributed by atoms with Gasteiger partial charge in [-0.15, -0.1) is 0 Å². The van der Waals surface area contributed by atoms with E-state index in [4.69, 9.17) is 9.47 Å². The minimum absolute atomic E-state index is 0.0511. The van der Waals surface area contributed by atoms with Crippen LogP contribution in [0, 0.1) is 0 Å². The number of carbonyl (C=O) groups is 1. The van der Waals surface area contributed by atoms with Gasteiger partial charge >= 0.3 is 0 Å². The van der Waals surface area contributed by atoms with Crippen LogP contribution in [0.3, 0.4) is 0 Å². The Hall–Kier alpha value is -3.21. The first-order chi connectivity index (χ1) is 14.3. The van der Waals surface area contributed by atoms with Gasteiger partial charge in [-0.25, -0.2) is 0 Å². The van der Waals surface area contributed by atoms with Crippen LogP contribution >= 0.6 is 0 Å². The van der Waals surface area contributed by atoms with E-state index in [-0.39, 0.29) is 23.9 Å². The smallest absolute Gasteiger partial charge is 0.177 e. The summed E-state index contributed by atoms with van der Waals surface area (Å²) >= 11 is 0. The molecule has 5 nitrogen and oxygen atoms in total. The van der Waals surface area contributed by atoms with Crippen molar-refractivity contribution in [3.05, 3.63) is 64.7 Å². The molecule has 4 rings (SSSR count). The summed E-state index contributed by atoms with van der Waals surface area (Å²) in [6.45, 7) is 6.35. The van der Waals surface area contributed by atoms with Gasteiger partial charge in [0.05, 0.1) is 11.5 Å². The largest absolute Gasteiger partial charge is 0.508 e. The number of aromatic hydroxyl groups is 2. The van der Waals surface area contributed by atoms with Crippen molar-refractivity contribution in [1.29, 1.82) is 0 Å². The first-order valence-corrected chi connectivity index (χ1v) is 10.1. The molecule has 156 valence electrons. The third kappa shape index (κ3) is 3.80. The van der Waals surface area contributed by atoms with Crippen LogP contribution in [0.4, 0.5) is 0 Å². The molecule has 5 heteroatoms. The molecule has 2 aliphatic rings. The molecule has 2 aromatic rings. The Bertz CT molecular complexity index is 1060. The average molecular weight is 406 g/mol. The van der Waals surface area contributed by atoms with Crippen LogP contribution in [0.5, 0.6) is 23.0 Å². The van der Waals surface area contributed by atoms with Gasteiger partial charge in [0, 0.05) is 23.3 Å². The van der Waals surface area contributed by atoms with Crippen molar-refractivity contribution in [1.82, 2.24) is 0 Å². The molecule has 0 aromatic heterocycles. The molecule has 2 N–H and O–H groups in total. The lowest BCUT2D eigenvalue weighted by molar-refractivity contribution is 0.0892. The Morgan fingerprint density at radius 3 is 2.73 bits per heavy atom. The fourth-order valence-corrected chi connectivity index (χ4v) is 3.94. The topological polar surface area (TPSA) is 76.0 Å². The highest BCUT2D eigenvalue weighted by molar-refractivity contribution is 6.05. The van der Waals surface area contributed by atoms with E-state index in [9.17, 15) is 15.0 Å². The maximum atomic E-state index is 13.1. The lowest BCUT2D eigenvalue weighted by atomic mass is 9.86. The van der Waals surface area contributed by atoms with Crippen molar-refractivity contribution < 1.29 is 24.5 Å². The van der Waals surface area contributed by atoms with E-state index < -0.39 is 11.5 Å². The number of hydrogen-bond donors (Lipinski definition) is 2. The van der Waals surface area contributed by atoms with Crippen LogP contribution in [-0.4, -0.2) is 28.2 Å². The predicted molar refractivity (Wildman–Crippen MR) is 116 cm³/mol. The highest BCUT2D eigenvalue weighted by atomic mass is 16.5. The molecule has 0 aliphatic carbocycles. The molecule has 0 fully saturated rings. The number of allylic oxidation sites excluding steroid dienone is 2. The van der Waals surface area contributed by atoms with Gasteiger partial charge in [-0.3, -0.25) is 4.79 Å². The minimum atomic E-state index is -0.626. The van der Waals surface area contributed by atoms with Crippen LogP contribution in [0.25, 0.3) is 6.08 Å². The van der Waals surface area contributed by atoms with E-state index in [0.717, 1.165) is 18.4 Å². The van der Waals surface area contributed by atoms with E-state index in [1.165, 1.54) is 17.7 Å². The fourth-order valence-electron chi connectivity index (χ4n) is 3.94. The second-order valence-electron chi connectivity index (χ2n) is 8.43. The number of phenolic OH excluding ortho intramolecular Hbond substituents is 2. The molecule has 2 aromatic carbocycles. The zero-order valence-electron chi connectivity index (χ0n) is 17.4. The van der Waals surface area contributed by atoms with Gasteiger partial charge in [0.1, 0.15) is 35.2 Å². The molecule has 0 radical (unpaired) electrons. The lowest BCUT2D eigenvalue weighted by Gasteiger charge is -2.33. The Morgan fingerprint density at radius 2 is 2.00 bits per heavy atom. The summed E-state index contributed by atoms with van der Waals surface area (Å²) in [7, 11) is 0. The monoisotopic (exact) mass is 406 g/mol. The SMILES string of the molecule is CC(C)=CCC[C@@]1(C)C=Cc2cc3c(cc2O1)OC[C@@H](c1ccc(O)cc1O)C3=O. The van der Waals surface area contributed by atoms with Gasteiger partial charge in [0.15, 0.2) is 5.78 Å². The number of hydrogen-bond acceptors (Lipinski definition) is 5. The van der Waals surface area contributed by atoms with Crippen LogP contribution in [0.1, 0.15) is 61.0 Å². The highest BCUT2D eigenvalue weighted by Crippen LogP contribution is 2.42. The van der Waals surface area contributed by atoms with E-state index in [0.29, 0.717) is 22.6 Å². The van der Waals surface area contributed by atoms with Crippen molar-refractivity contribution in [2.45, 2.75) is 45.1 Å². The van der Waals surface area contributed by atoms with E-state index in [2.05, 4.69) is 26.8 Å². The number of benzene rings is 2. The Morgan fingerprint density at radius 1 is 1.20 bits per heavy atom. The summed E-state index contributed by atoms with van der Waals surface area (Å²) < 4.78 is 12.2. The number of ketones is 1. The molecular weight excluding hydrogens is 380 g/mol. The second kappa shape index (κ2) is 7.56. The lowest BCUT2D eigenvalue weighted by Crippen LogP contribution is -2.32. The first-order valence-electron chi connectivity index (χ1n) is 10.1. The molecule has 2 heterocycles. The molecule has 0 bridgehead atoms. The first kappa shape index (κ1) is 20.1. The maximum Gasteiger partial charge on any atom is 0.177 e. The van der Waals surface area contributed by atoms with Crippen LogP contribution < -0.4 is 9.47 Å². The Labute approximate surface area is 176 Å². The summed E-state index contributed by atoms with van der Waals surface area (Å²) in [5.74, 6) is 0.285. The van der Waals surface area contributed by atoms with Crippen molar-refractivity contribution in [3.63, 3.8) is 0 Å². The number of fused-ring (bicyclic) bond motifs is 2. The number of rotatable bonds is 4. The Balaban J connectivity index is 1.60. The van der Waals surface area contributed by atoms with Crippen molar-refractivity contribution in [2.24, 2.45) is 0 Å². The average Bonchev–Trinajstić information content (AvgIpc) is 2.67. The summed E-state index contributed by atoms with van der Waals surface area (Å²) in [5, 5.41) is 19.7. The van der Waals surface area contributed by atoms with E-state index in [1.54, 1.807) is 18.2 Å². The number of ether oxygens (including phenoxy) is 2. The third-order valence-corrected chi connectivity index (χ3v) is 5.64. The second-order valence-corrected chi connectivity index (χ2v) is 8.43. The zero-order chi connectivity index (χ0) is 21.5. The van der Waals surface area contributed by atoms with E-state index >= 15 is 0 Å². The predicted octanol–water partition coefficient (Wildman–Crippen LogP) is 5.37. The van der Waals surface area contributed by atoms with Gasteiger partial charge in [-0.05, 0) is 51.8 Å². The van der Waals surface area contributed by atoms with Crippen molar-refractivity contribution >= 4 is 11.9 Å². The quantitative estimate of drug-likeness (QED) is 0.668. The van der Waals surface area contributed by atoms with Crippen molar-refractivity contribution in [2.75, 3.05) is 6.61 Å².